The zero-order valence-electron chi connectivity index (χ0n) is 18.4. The maximum Gasteiger partial charge on any atom is 0.271 e. The van der Waals surface area contributed by atoms with E-state index in [0.29, 0.717) is 0 Å². The molecule has 0 saturated heterocycles. The molecular formula is C26H29N3O2. The lowest BCUT2D eigenvalue weighted by molar-refractivity contribution is -0.119. The van der Waals surface area contributed by atoms with Gasteiger partial charge in [-0.05, 0) is 63.1 Å². The van der Waals surface area contributed by atoms with Gasteiger partial charge in [0, 0.05) is 16.8 Å². The van der Waals surface area contributed by atoms with Gasteiger partial charge in [0.15, 0.2) is 0 Å². The Hall–Kier alpha value is -3.21. The van der Waals surface area contributed by atoms with Gasteiger partial charge in [-0.3, -0.25) is 9.59 Å². The van der Waals surface area contributed by atoms with E-state index in [1.54, 1.807) is 6.92 Å². The van der Waals surface area contributed by atoms with Gasteiger partial charge in [-0.15, -0.1) is 0 Å². The van der Waals surface area contributed by atoms with E-state index in [-0.39, 0.29) is 11.5 Å². The molecule has 2 aromatic carbocycles. The molecule has 1 amide bonds. The van der Waals surface area contributed by atoms with Gasteiger partial charge in [-0.25, -0.2) is 4.68 Å². The van der Waals surface area contributed by atoms with E-state index in [1.165, 1.54) is 10.2 Å². The van der Waals surface area contributed by atoms with Crippen LogP contribution in [0.5, 0.6) is 0 Å². The highest BCUT2D eigenvalue weighted by Crippen LogP contribution is 2.29. The molecule has 0 radical (unpaired) electrons. The van der Waals surface area contributed by atoms with Crippen molar-refractivity contribution >= 4 is 11.6 Å². The molecule has 1 aromatic heterocycles. The molecular weight excluding hydrogens is 386 g/mol. The van der Waals surface area contributed by atoms with E-state index in [9.17, 15) is 9.59 Å². The summed E-state index contributed by atoms with van der Waals surface area (Å²) in [7, 11) is 0. The van der Waals surface area contributed by atoms with Crippen molar-refractivity contribution in [2.24, 2.45) is 0 Å². The van der Waals surface area contributed by atoms with Crippen LogP contribution in [0.25, 0.3) is 11.3 Å². The fourth-order valence-corrected chi connectivity index (χ4v) is 4.26. The molecule has 0 bridgehead atoms. The highest BCUT2D eigenvalue weighted by Gasteiger charge is 2.26. The van der Waals surface area contributed by atoms with Gasteiger partial charge in [0.1, 0.15) is 6.04 Å². The van der Waals surface area contributed by atoms with E-state index in [4.69, 9.17) is 5.10 Å². The number of para-hydroxylation sites is 1. The van der Waals surface area contributed by atoms with Gasteiger partial charge in [0.05, 0.1) is 5.69 Å². The molecule has 0 aliphatic heterocycles. The average molecular weight is 416 g/mol. The minimum absolute atomic E-state index is 0.142. The standard InChI is InChI=1S/C26H29N3O2/c1-4-19-9-5-8-12-23(19)27-25(30)18(3)29-26(31)22-11-7-6-10-21(22)24(28-29)20-15-13-17(2)14-16-20/h5,8-9,12-16,18H,4,6-7,10-11H2,1-3H3,(H,27,30). The molecule has 1 aliphatic rings. The lowest BCUT2D eigenvalue weighted by Gasteiger charge is -2.23. The quantitative estimate of drug-likeness (QED) is 0.647. The summed E-state index contributed by atoms with van der Waals surface area (Å²) in [6.07, 6.45) is 4.46. The maximum atomic E-state index is 13.3. The Bertz CT molecular complexity index is 1160. The molecule has 1 heterocycles. The number of fused-ring (bicyclic) bond motifs is 1. The van der Waals surface area contributed by atoms with Crippen molar-refractivity contribution in [3.05, 3.63) is 81.1 Å². The Labute approximate surface area is 183 Å². The molecule has 1 N–H and O–H groups in total. The van der Waals surface area contributed by atoms with Crippen LogP contribution in [0.15, 0.2) is 53.3 Å². The van der Waals surface area contributed by atoms with Crippen molar-refractivity contribution in [3.63, 3.8) is 0 Å². The first-order valence-electron chi connectivity index (χ1n) is 11.1. The predicted molar refractivity (Wildman–Crippen MR) is 124 cm³/mol. The smallest absolute Gasteiger partial charge is 0.271 e. The van der Waals surface area contributed by atoms with Crippen LogP contribution < -0.4 is 10.9 Å². The maximum absolute atomic E-state index is 13.3. The third kappa shape index (κ3) is 4.18. The Morgan fingerprint density at radius 2 is 1.74 bits per heavy atom. The number of hydrogen-bond donors (Lipinski definition) is 1. The van der Waals surface area contributed by atoms with Gasteiger partial charge in [0.2, 0.25) is 5.91 Å². The fourth-order valence-electron chi connectivity index (χ4n) is 4.26. The van der Waals surface area contributed by atoms with Crippen LogP contribution in [0.3, 0.4) is 0 Å². The first-order chi connectivity index (χ1) is 15.0. The first kappa shape index (κ1) is 21.0. The molecule has 1 aliphatic carbocycles. The molecule has 0 saturated carbocycles. The van der Waals surface area contributed by atoms with Crippen LogP contribution in [0.2, 0.25) is 0 Å². The molecule has 5 nitrogen and oxygen atoms in total. The van der Waals surface area contributed by atoms with Crippen molar-refractivity contribution in [2.75, 3.05) is 5.32 Å². The number of hydrogen-bond acceptors (Lipinski definition) is 3. The van der Waals surface area contributed by atoms with Crippen LogP contribution in [-0.4, -0.2) is 15.7 Å². The van der Waals surface area contributed by atoms with Crippen molar-refractivity contribution in [3.8, 4) is 11.3 Å². The largest absolute Gasteiger partial charge is 0.324 e. The number of nitrogens with one attached hydrogen (secondary N) is 1. The molecule has 3 aromatic rings. The van der Waals surface area contributed by atoms with Crippen LogP contribution in [0.4, 0.5) is 5.69 Å². The third-order valence-corrected chi connectivity index (χ3v) is 6.16. The number of aryl methyl sites for hydroxylation is 2. The van der Waals surface area contributed by atoms with E-state index in [0.717, 1.165) is 65.7 Å². The van der Waals surface area contributed by atoms with Crippen molar-refractivity contribution in [1.82, 2.24) is 9.78 Å². The van der Waals surface area contributed by atoms with Crippen LogP contribution in [0, 0.1) is 6.92 Å². The highest BCUT2D eigenvalue weighted by molar-refractivity contribution is 5.94. The summed E-state index contributed by atoms with van der Waals surface area (Å²) in [5.41, 5.74) is 6.54. The summed E-state index contributed by atoms with van der Waals surface area (Å²) in [5, 5.41) is 7.73. The summed E-state index contributed by atoms with van der Waals surface area (Å²) < 4.78 is 1.38. The monoisotopic (exact) mass is 415 g/mol. The second kappa shape index (κ2) is 8.88. The minimum Gasteiger partial charge on any atom is -0.324 e. The Balaban J connectivity index is 1.75. The number of carbonyl (C=O) groups excluding carboxylic acids is 1. The lowest BCUT2D eigenvalue weighted by Crippen LogP contribution is -2.37. The third-order valence-electron chi connectivity index (χ3n) is 6.16. The number of amides is 1. The highest BCUT2D eigenvalue weighted by atomic mass is 16.2. The molecule has 31 heavy (non-hydrogen) atoms. The summed E-state index contributed by atoms with van der Waals surface area (Å²) in [4.78, 5) is 26.4. The zero-order valence-corrected chi connectivity index (χ0v) is 18.4. The normalized spacial score (nSPS) is 14.0. The van der Waals surface area contributed by atoms with E-state index < -0.39 is 6.04 Å². The SMILES string of the molecule is CCc1ccccc1NC(=O)C(C)n1nc(-c2ccc(C)cc2)c2c(c1=O)CCCC2. The number of rotatable bonds is 5. The molecule has 0 spiro atoms. The first-order valence-corrected chi connectivity index (χ1v) is 11.1. The Kier molecular flexibility index (Phi) is 6.03. The summed E-state index contributed by atoms with van der Waals surface area (Å²) in [6, 6.07) is 15.2. The molecule has 160 valence electrons. The number of aromatic nitrogens is 2. The summed E-state index contributed by atoms with van der Waals surface area (Å²) in [5.74, 6) is -0.235. The molecule has 0 fully saturated rings. The number of anilines is 1. The number of carbonyl (C=O) groups is 1. The topological polar surface area (TPSA) is 64.0 Å². The van der Waals surface area contributed by atoms with Gasteiger partial charge >= 0.3 is 0 Å². The van der Waals surface area contributed by atoms with Gasteiger partial charge in [-0.2, -0.15) is 5.10 Å². The second-order valence-corrected chi connectivity index (χ2v) is 8.30. The molecule has 1 unspecified atom stereocenters. The van der Waals surface area contributed by atoms with Crippen LogP contribution in [0.1, 0.15) is 55.0 Å². The molecule has 5 heteroatoms. The van der Waals surface area contributed by atoms with E-state index in [1.807, 2.05) is 43.3 Å². The zero-order chi connectivity index (χ0) is 22.0. The van der Waals surface area contributed by atoms with E-state index in [2.05, 4.69) is 24.4 Å². The second-order valence-electron chi connectivity index (χ2n) is 8.30. The van der Waals surface area contributed by atoms with Crippen molar-refractivity contribution in [2.45, 2.75) is 58.9 Å². The number of nitrogens with zero attached hydrogens (tertiary/aromatic N) is 2. The van der Waals surface area contributed by atoms with Crippen molar-refractivity contribution < 1.29 is 4.79 Å². The Morgan fingerprint density at radius 1 is 1.06 bits per heavy atom. The van der Waals surface area contributed by atoms with Gasteiger partial charge < -0.3 is 5.32 Å². The fraction of sp³-hybridized carbons (Fsp3) is 0.346. The Morgan fingerprint density at radius 3 is 2.45 bits per heavy atom. The van der Waals surface area contributed by atoms with Gasteiger partial charge in [-0.1, -0.05) is 55.0 Å². The summed E-state index contributed by atoms with van der Waals surface area (Å²) in [6.45, 7) is 5.85. The minimum atomic E-state index is -0.714. The lowest BCUT2D eigenvalue weighted by atomic mass is 9.89. The van der Waals surface area contributed by atoms with E-state index >= 15 is 0 Å². The molecule has 1 atom stereocenters. The van der Waals surface area contributed by atoms with Gasteiger partial charge in [0.25, 0.3) is 5.56 Å². The van der Waals surface area contributed by atoms with Crippen LogP contribution in [-0.2, 0) is 24.1 Å². The van der Waals surface area contributed by atoms with Crippen LogP contribution >= 0.6 is 0 Å². The number of benzene rings is 2. The van der Waals surface area contributed by atoms with Crippen molar-refractivity contribution in [1.29, 1.82) is 0 Å². The molecule has 4 rings (SSSR count). The summed E-state index contributed by atoms with van der Waals surface area (Å²) >= 11 is 0. The average Bonchev–Trinajstić information content (AvgIpc) is 2.80. The predicted octanol–water partition coefficient (Wildman–Crippen LogP) is 4.86.